The van der Waals surface area contributed by atoms with Crippen molar-refractivity contribution in [2.75, 3.05) is 19.6 Å². The molecule has 0 radical (unpaired) electrons. The third kappa shape index (κ3) is 4.53. The predicted molar refractivity (Wildman–Crippen MR) is 104 cm³/mol. The SMILES string of the molecule is O=C(NC1CCCC(CN2CCC2)C1)c1ccc(-c2cccc(F)c2)nc1. The minimum Gasteiger partial charge on any atom is -0.349 e. The van der Waals surface area contributed by atoms with E-state index in [9.17, 15) is 9.18 Å². The summed E-state index contributed by atoms with van der Waals surface area (Å²) in [6, 6.07) is 10.1. The number of benzene rings is 1. The minimum absolute atomic E-state index is 0.0668. The number of hydrogen-bond donors (Lipinski definition) is 1. The Morgan fingerprint density at radius 2 is 2.07 bits per heavy atom. The molecule has 2 fully saturated rings. The van der Waals surface area contributed by atoms with Gasteiger partial charge >= 0.3 is 0 Å². The van der Waals surface area contributed by atoms with E-state index in [0.717, 1.165) is 12.8 Å². The van der Waals surface area contributed by atoms with Gasteiger partial charge in [-0.15, -0.1) is 0 Å². The number of rotatable bonds is 5. The lowest BCUT2D eigenvalue weighted by Crippen LogP contribution is -2.44. The van der Waals surface area contributed by atoms with Crippen molar-refractivity contribution >= 4 is 5.91 Å². The lowest BCUT2D eigenvalue weighted by molar-refractivity contribution is 0.0897. The summed E-state index contributed by atoms with van der Waals surface area (Å²) >= 11 is 0. The Labute approximate surface area is 159 Å². The molecule has 0 spiro atoms. The third-order valence-electron chi connectivity index (χ3n) is 5.73. The van der Waals surface area contributed by atoms with E-state index in [0.29, 0.717) is 22.7 Å². The molecule has 1 aromatic heterocycles. The summed E-state index contributed by atoms with van der Waals surface area (Å²) in [5, 5.41) is 3.19. The van der Waals surface area contributed by atoms with Gasteiger partial charge in [-0.3, -0.25) is 9.78 Å². The van der Waals surface area contributed by atoms with Gasteiger partial charge in [-0.25, -0.2) is 4.39 Å². The van der Waals surface area contributed by atoms with Gasteiger partial charge in [0.1, 0.15) is 5.82 Å². The van der Waals surface area contributed by atoms with E-state index in [2.05, 4.69) is 15.2 Å². The van der Waals surface area contributed by atoms with Crippen molar-refractivity contribution in [2.24, 2.45) is 5.92 Å². The molecule has 1 aliphatic heterocycles. The second kappa shape index (κ2) is 8.17. The van der Waals surface area contributed by atoms with Gasteiger partial charge in [0, 0.05) is 24.3 Å². The first kappa shape index (κ1) is 18.1. The molecule has 1 aromatic carbocycles. The van der Waals surface area contributed by atoms with Crippen molar-refractivity contribution in [3.05, 3.63) is 54.0 Å². The molecule has 2 heterocycles. The minimum atomic E-state index is -0.291. The zero-order valence-corrected chi connectivity index (χ0v) is 15.5. The molecule has 0 bridgehead atoms. The van der Waals surface area contributed by atoms with E-state index in [1.165, 1.54) is 51.0 Å². The fourth-order valence-electron chi connectivity index (χ4n) is 4.13. The first-order chi connectivity index (χ1) is 13.2. The van der Waals surface area contributed by atoms with Crippen LogP contribution < -0.4 is 5.32 Å². The quantitative estimate of drug-likeness (QED) is 0.872. The van der Waals surface area contributed by atoms with Gasteiger partial charge in [-0.05, 0) is 69.0 Å². The Kier molecular flexibility index (Phi) is 5.48. The summed E-state index contributed by atoms with van der Waals surface area (Å²) in [6.07, 6.45) is 7.47. The molecule has 2 atom stereocenters. The van der Waals surface area contributed by atoms with E-state index in [-0.39, 0.29) is 17.8 Å². The zero-order valence-electron chi connectivity index (χ0n) is 15.5. The molecule has 5 heteroatoms. The Hall–Kier alpha value is -2.27. The second-order valence-electron chi connectivity index (χ2n) is 7.80. The largest absolute Gasteiger partial charge is 0.349 e. The number of nitrogens with one attached hydrogen (secondary N) is 1. The predicted octanol–water partition coefficient (Wildman–Crippen LogP) is 3.88. The molecule has 1 saturated heterocycles. The van der Waals surface area contributed by atoms with E-state index < -0.39 is 0 Å². The van der Waals surface area contributed by atoms with Crippen molar-refractivity contribution in [1.82, 2.24) is 15.2 Å². The molecule has 1 aliphatic carbocycles. The molecule has 4 nitrogen and oxygen atoms in total. The van der Waals surface area contributed by atoms with Crippen molar-refractivity contribution in [2.45, 2.75) is 38.1 Å². The highest BCUT2D eigenvalue weighted by Gasteiger charge is 2.26. The van der Waals surface area contributed by atoms with Crippen molar-refractivity contribution < 1.29 is 9.18 Å². The Morgan fingerprint density at radius 1 is 1.19 bits per heavy atom. The number of nitrogens with zero attached hydrogens (tertiary/aromatic N) is 2. The van der Waals surface area contributed by atoms with Crippen molar-refractivity contribution in [3.63, 3.8) is 0 Å². The maximum absolute atomic E-state index is 13.4. The number of likely N-dealkylation sites (tertiary alicyclic amines) is 1. The van der Waals surface area contributed by atoms with Crippen LogP contribution in [0.2, 0.25) is 0 Å². The molecule has 1 saturated carbocycles. The van der Waals surface area contributed by atoms with Gasteiger partial charge in [-0.1, -0.05) is 18.6 Å². The highest BCUT2D eigenvalue weighted by Crippen LogP contribution is 2.27. The first-order valence-corrected chi connectivity index (χ1v) is 9.92. The van der Waals surface area contributed by atoms with Crippen LogP contribution in [-0.2, 0) is 0 Å². The summed E-state index contributed by atoms with van der Waals surface area (Å²) in [4.78, 5) is 19.5. The van der Waals surface area contributed by atoms with Crippen LogP contribution >= 0.6 is 0 Å². The number of amides is 1. The Balaban J connectivity index is 1.35. The number of halogens is 1. The summed E-state index contributed by atoms with van der Waals surface area (Å²) in [7, 11) is 0. The normalized spacial score (nSPS) is 22.9. The standard InChI is InChI=1S/C22H26FN3O/c23-19-6-2-5-17(13-19)21-9-8-18(14-24-21)22(27)25-20-7-1-4-16(12-20)15-26-10-3-11-26/h2,5-6,8-9,13-14,16,20H,1,3-4,7,10-12,15H2,(H,25,27). The van der Waals surface area contributed by atoms with Gasteiger partial charge in [0.25, 0.3) is 5.91 Å². The molecule has 1 N–H and O–H groups in total. The van der Waals surface area contributed by atoms with Crippen LogP contribution in [0, 0.1) is 11.7 Å². The monoisotopic (exact) mass is 367 g/mol. The van der Waals surface area contributed by atoms with Crippen molar-refractivity contribution in [3.8, 4) is 11.3 Å². The van der Waals surface area contributed by atoms with Crippen LogP contribution in [0.4, 0.5) is 4.39 Å². The van der Waals surface area contributed by atoms with E-state index in [1.54, 1.807) is 24.4 Å². The van der Waals surface area contributed by atoms with Gasteiger partial charge in [-0.2, -0.15) is 0 Å². The average molecular weight is 367 g/mol. The third-order valence-corrected chi connectivity index (χ3v) is 5.73. The number of aromatic nitrogens is 1. The highest BCUT2D eigenvalue weighted by molar-refractivity contribution is 5.94. The number of carbonyl (C=O) groups is 1. The van der Waals surface area contributed by atoms with Crippen LogP contribution in [0.1, 0.15) is 42.5 Å². The topological polar surface area (TPSA) is 45.2 Å². The van der Waals surface area contributed by atoms with Gasteiger partial charge < -0.3 is 10.2 Å². The molecule has 2 aromatic rings. The zero-order chi connectivity index (χ0) is 18.6. The van der Waals surface area contributed by atoms with Crippen LogP contribution in [0.5, 0.6) is 0 Å². The van der Waals surface area contributed by atoms with E-state index >= 15 is 0 Å². The molecule has 4 rings (SSSR count). The van der Waals surface area contributed by atoms with Crippen LogP contribution in [0.15, 0.2) is 42.6 Å². The van der Waals surface area contributed by atoms with Crippen molar-refractivity contribution in [1.29, 1.82) is 0 Å². The summed E-state index contributed by atoms with van der Waals surface area (Å²) in [6.45, 7) is 3.64. The molecule has 1 amide bonds. The smallest absolute Gasteiger partial charge is 0.253 e. The Bertz CT molecular complexity index is 788. The van der Waals surface area contributed by atoms with Crippen LogP contribution in [0.25, 0.3) is 11.3 Å². The highest BCUT2D eigenvalue weighted by atomic mass is 19.1. The Morgan fingerprint density at radius 3 is 2.78 bits per heavy atom. The molecule has 2 aliphatic rings. The number of carbonyl (C=O) groups excluding carboxylic acids is 1. The van der Waals surface area contributed by atoms with E-state index in [4.69, 9.17) is 0 Å². The molecule has 142 valence electrons. The second-order valence-corrected chi connectivity index (χ2v) is 7.80. The maximum Gasteiger partial charge on any atom is 0.253 e. The summed E-state index contributed by atoms with van der Waals surface area (Å²) in [5.74, 6) is 0.335. The average Bonchev–Trinajstić information content (AvgIpc) is 2.65. The molecular weight excluding hydrogens is 341 g/mol. The van der Waals surface area contributed by atoms with Gasteiger partial charge in [0.15, 0.2) is 0 Å². The number of pyridine rings is 1. The van der Waals surface area contributed by atoms with Gasteiger partial charge in [0.05, 0.1) is 11.3 Å². The summed E-state index contributed by atoms with van der Waals surface area (Å²) < 4.78 is 13.4. The lowest BCUT2D eigenvalue weighted by atomic mass is 9.84. The lowest BCUT2D eigenvalue weighted by Gasteiger charge is -2.37. The summed E-state index contributed by atoms with van der Waals surface area (Å²) in [5.41, 5.74) is 1.93. The van der Waals surface area contributed by atoms with E-state index in [1.807, 2.05) is 6.07 Å². The van der Waals surface area contributed by atoms with Crippen LogP contribution in [0.3, 0.4) is 0 Å². The van der Waals surface area contributed by atoms with Crippen LogP contribution in [-0.4, -0.2) is 41.5 Å². The molecular formula is C22H26FN3O. The first-order valence-electron chi connectivity index (χ1n) is 9.92. The number of hydrogen-bond acceptors (Lipinski definition) is 3. The fourth-order valence-corrected chi connectivity index (χ4v) is 4.13. The maximum atomic E-state index is 13.4. The molecule has 27 heavy (non-hydrogen) atoms. The fraction of sp³-hybridized carbons (Fsp3) is 0.455. The van der Waals surface area contributed by atoms with Gasteiger partial charge in [0.2, 0.25) is 0 Å². The molecule has 2 unspecified atom stereocenters.